The minimum atomic E-state index is -0.688. The summed E-state index contributed by atoms with van der Waals surface area (Å²) in [6.45, 7) is 0.464. The lowest BCUT2D eigenvalue weighted by molar-refractivity contribution is -0.120. The third-order valence-electron chi connectivity index (χ3n) is 3.94. The number of carbonyl (C=O) groups is 2. The number of anilines is 1. The number of amides is 1. The van der Waals surface area contributed by atoms with Crippen LogP contribution in [0.1, 0.15) is 29.6 Å². The van der Waals surface area contributed by atoms with Gasteiger partial charge in [-0.3, -0.25) is 4.79 Å². The summed E-state index contributed by atoms with van der Waals surface area (Å²) in [6.07, 6.45) is 2.68. The third kappa shape index (κ3) is 3.39. The van der Waals surface area contributed by atoms with Crippen LogP contribution in [0.25, 0.3) is 0 Å². The molecule has 0 spiro atoms. The monoisotopic (exact) mass is 294 g/mol. The summed E-state index contributed by atoms with van der Waals surface area (Å²) in [4.78, 5) is 24.0. The highest BCUT2D eigenvalue weighted by Gasteiger charge is 2.32. The van der Waals surface area contributed by atoms with E-state index in [4.69, 9.17) is 5.73 Å². The first kappa shape index (κ1) is 15.4. The summed E-state index contributed by atoms with van der Waals surface area (Å²) in [5, 5.41) is 2.70. The van der Waals surface area contributed by atoms with Crippen LogP contribution in [-0.4, -0.2) is 25.5 Å². The molecule has 6 heteroatoms. The zero-order valence-electron chi connectivity index (χ0n) is 11.9. The molecule has 0 bridgehead atoms. The minimum Gasteiger partial charge on any atom is -0.465 e. The second-order valence-electron chi connectivity index (χ2n) is 5.20. The molecule has 5 nitrogen and oxygen atoms in total. The summed E-state index contributed by atoms with van der Waals surface area (Å²) in [5.41, 5.74) is 5.94. The van der Waals surface area contributed by atoms with Crippen molar-refractivity contribution < 1.29 is 18.7 Å². The third-order valence-corrected chi connectivity index (χ3v) is 3.94. The van der Waals surface area contributed by atoms with E-state index in [1.165, 1.54) is 19.2 Å². The van der Waals surface area contributed by atoms with Crippen molar-refractivity contribution in [3.05, 3.63) is 29.6 Å². The number of benzene rings is 1. The Morgan fingerprint density at radius 2 is 2.19 bits per heavy atom. The van der Waals surface area contributed by atoms with Gasteiger partial charge in [-0.05, 0) is 43.5 Å². The smallest absolute Gasteiger partial charge is 0.340 e. The lowest BCUT2D eigenvalue weighted by Crippen LogP contribution is -2.30. The molecule has 114 valence electrons. The second-order valence-corrected chi connectivity index (χ2v) is 5.20. The van der Waals surface area contributed by atoms with Gasteiger partial charge in [-0.2, -0.15) is 0 Å². The molecule has 1 aliphatic carbocycles. The number of rotatable bonds is 4. The van der Waals surface area contributed by atoms with Gasteiger partial charge in [0.15, 0.2) is 0 Å². The van der Waals surface area contributed by atoms with Crippen LogP contribution in [0.2, 0.25) is 0 Å². The Morgan fingerprint density at radius 1 is 1.43 bits per heavy atom. The van der Waals surface area contributed by atoms with Gasteiger partial charge < -0.3 is 15.8 Å². The van der Waals surface area contributed by atoms with Gasteiger partial charge in [0.2, 0.25) is 5.91 Å². The highest BCUT2D eigenvalue weighted by atomic mass is 19.1. The van der Waals surface area contributed by atoms with E-state index in [2.05, 4.69) is 10.1 Å². The highest BCUT2D eigenvalue weighted by molar-refractivity contribution is 6.02. The fourth-order valence-corrected chi connectivity index (χ4v) is 2.79. The van der Waals surface area contributed by atoms with Crippen molar-refractivity contribution in [2.75, 3.05) is 19.0 Å². The normalized spacial score (nSPS) is 21.1. The Morgan fingerprint density at radius 3 is 2.86 bits per heavy atom. The second kappa shape index (κ2) is 6.67. The predicted molar refractivity (Wildman–Crippen MR) is 76.3 cm³/mol. The first-order valence-corrected chi connectivity index (χ1v) is 6.95. The van der Waals surface area contributed by atoms with Crippen molar-refractivity contribution >= 4 is 17.6 Å². The van der Waals surface area contributed by atoms with Crippen LogP contribution in [-0.2, 0) is 9.53 Å². The molecule has 2 unspecified atom stereocenters. The Kier molecular flexibility index (Phi) is 4.90. The molecule has 0 aromatic heterocycles. The molecule has 0 heterocycles. The van der Waals surface area contributed by atoms with Gasteiger partial charge in [-0.15, -0.1) is 0 Å². The van der Waals surface area contributed by atoms with Gasteiger partial charge in [0.05, 0.1) is 18.4 Å². The fraction of sp³-hybridized carbons (Fsp3) is 0.467. The number of halogens is 1. The van der Waals surface area contributed by atoms with Crippen LogP contribution in [0.15, 0.2) is 18.2 Å². The first-order valence-electron chi connectivity index (χ1n) is 6.95. The van der Waals surface area contributed by atoms with Gasteiger partial charge in [0.25, 0.3) is 0 Å². The van der Waals surface area contributed by atoms with E-state index in [1.54, 1.807) is 0 Å². The Balaban J connectivity index is 2.19. The maximum atomic E-state index is 13.3. The van der Waals surface area contributed by atoms with Crippen LogP contribution in [0.4, 0.5) is 10.1 Å². The molecular weight excluding hydrogens is 275 g/mol. The fourth-order valence-electron chi connectivity index (χ4n) is 2.79. The molecule has 1 aromatic carbocycles. The molecule has 3 N–H and O–H groups in total. The average molecular weight is 294 g/mol. The zero-order valence-corrected chi connectivity index (χ0v) is 11.9. The highest BCUT2D eigenvalue weighted by Crippen LogP contribution is 2.32. The van der Waals surface area contributed by atoms with Gasteiger partial charge in [0, 0.05) is 5.92 Å². The van der Waals surface area contributed by atoms with Crippen molar-refractivity contribution in [3.8, 4) is 0 Å². The van der Waals surface area contributed by atoms with Crippen LogP contribution in [0.3, 0.4) is 0 Å². The molecule has 1 aromatic rings. The number of carbonyl (C=O) groups excluding carboxylic acids is 2. The van der Waals surface area contributed by atoms with Gasteiger partial charge in [0.1, 0.15) is 5.82 Å². The van der Waals surface area contributed by atoms with E-state index >= 15 is 0 Å². The molecular formula is C15H19FN2O3. The average Bonchev–Trinajstić information content (AvgIpc) is 2.96. The molecule has 0 saturated heterocycles. The topological polar surface area (TPSA) is 81.4 Å². The first-order chi connectivity index (χ1) is 10.1. The lowest BCUT2D eigenvalue weighted by Gasteiger charge is -2.18. The summed E-state index contributed by atoms with van der Waals surface area (Å²) in [6, 6.07) is 3.61. The number of ether oxygens (including phenoxy) is 1. The molecule has 1 saturated carbocycles. The molecule has 1 aliphatic rings. The molecule has 0 aliphatic heterocycles. The van der Waals surface area contributed by atoms with Gasteiger partial charge in [-0.1, -0.05) is 6.42 Å². The maximum absolute atomic E-state index is 13.3. The number of nitrogens with one attached hydrogen (secondary N) is 1. The molecule has 2 rings (SSSR count). The van der Waals surface area contributed by atoms with Crippen LogP contribution >= 0.6 is 0 Å². The number of methoxy groups -OCH3 is 1. The lowest BCUT2D eigenvalue weighted by atomic mass is 9.95. The molecule has 1 amide bonds. The molecule has 2 atom stereocenters. The van der Waals surface area contributed by atoms with E-state index in [1.807, 2.05) is 0 Å². The van der Waals surface area contributed by atoms with Crippen LogP contribution < -0.4 is 11.1 Å². The molecule has 21 heavy (non-hydrogen) atoms. The van der Waals surface area contributed by atoms with Crippen LogP contribution in [0, 0.1) is 17.7 Å². The summed E-state index contributed by atoms with van der Waals surface area (Å²) < 4.78 is 17.9. The largest absolute Gasteiger partial charge is 0.465 e. The quantitative estimate of drug-likeness (QED) is 0.831. The van der Waals surface area contributed by atoms with E-state index in [0.29, 0.717) is 6.54 Å². The summed E-state index contributed by atoms with van der Waals surface area (Å²) in [5.74, 6) is -1.43. The minimum absolute atomic E-state index is 0.00754. The van der Waals surface area contributed by atoms with Crippen molar-refractivity contribution in [2.45, 2.75) is 19.3 Å². The van der Waals surface area contributed by atoms with Crippen molar-refractivity contribution in [1.29, 1.82) is 0 Å². The Hall–Kier alpha value is -1.95. The van der Waals surface area contributed by atoms with Crippen molar-refractivity contribution in [3.63, 3.8) is 0 Å². The Bertz CT molecular complexity index is 548. The SMILES string of the molecule is COC(=O)c1cc(F)ccc1NC(=O)C1CCCC1CN. The number of nitrogens with two attached hydrogens (primary N) is 1. The maximum Gasteiger partial charge on any atom is 0.340 e. The molecule has 1 fully saturated rings. The van der Waals surface area contributed by atoms with Crippen LogP contribution in [0.5, 0.6) is 0 Å². The standard InChI is InChI=1S/C15H19FN2O3/c1-21-15(20)12-7-10(16)5-6-13(12)18-14(19)11-4-2-3-9(11)8-17/h5-7,9,11H,2-4,8,17H2,1H3,(H,18,19). The van der Waals surface area contributed by atoms with E-state index < -0.39 is 11.8 Å². The van der Waals surface area contributed by atoms with Crippen molar-refractivity contribution in [2.24, 2.45) is 17.6 Å². The summed E-state index contributed by atoms with van der Waals surface area (Å²) in [7, 11) is 1.21. The van der Waals surface area contributed by atoms with E-state index in [-0.39, 0.29) is 29.0 Å². The number of hydrogen-bond acceptors (Lipinski definition) is 4. The van der Waals surface area contributed by atoms with Gasteiger partial charge >= 0.3 is 5.97 Å². The molecule has 0 radical (unpaired) electrons. The predicted octanol–water partition coefficient (Wildman–Crippen LogP) is 1.93. The number of hydrogen-bond donors (Lipinski definition) is 2. The van der Waals surface area contributed by atoms with Crippen molar-refractivity contribution in [1.82, 2.24) is 0 Å². The zero-order chi connectivity index (χ0) is 15.4. The summed E-state index contributed by atoms with van der Waals surface area (Å²) >= 11 is 0. The van der Waals surface area contributed by atoms with E-state index in [9.17, 15) is 14.0 Å². The Labute approximate surface area is 122 Å². The van der Waals surface area contributed by atoms with E-state index in [0.717, 1.165) is 25.3 Å². The van der Waals surface area contributed by atoms with Gasteiger partial charge in [-0.25, -0.2) is 9.18 Å². The number of esters is 1.